The molecule has 0 radical (unpaired) electrons. The van der Waals surface area contributed by atoms with Gasteiger partial charge in [-0.05, 0) is 43.5 Å². The van der Waals surface area contributed by atoms with Crippen LogP contribution in [-0.4, -0.2) is 40.6 Å². The van der Waals surface area contributed by atoms with E-state index in [0.717, 1.165) is 28.6 Å². The molecule has 0 amide bonds. The topological polar surface area (TPSA) is 59.3 Å². The van der Waals surface area contributed by atoms with Gasteiger partial charge in [0.25, 0.3) is 0 Å². The van der Waals surface area contributed by atoms with Gasteiger partial charge in [0.2, 0.25) is 0 Å². The molecule has 2 aromatic heterocycles. The number of hydrogen-bond donors (Lipinski definition) is 2. The molecule has 32 heavy (non-hydrogen) atoms. The molecule has 2 aromatic carbocycles. The lowest BCUT2D eigenvalue weighted by Crippen LogP contribution is -2.19. The molecule has 0 spiro atoms. The molecule has 0 saturated heterocycles. The number of nitrogens with one attached hydrogen (secondary N) is 1. The monoisotopic (exact) mass is 443 g/mol. The number of fused-ring (bicyclic) bond motifs is 3. The van der Waals surface area contributed by atoms with Gasteiger partial charge in [-0.1, -0.05) is 30.3 Å². The second kappa shape index (κ2) is 9.08. The Labute approximate surface area is 183 Å². The van der Waals surface area contributed by atoms with E-state index in [9.17, 15) is 13.2 Å². The molecule has 0 unspecified atom stereocenters. The fraction of sp³-hybridized carbons (Fsp3) is 0.292. The summed E-state index contributed by atoms with van der Waals surface area (Å²) in [5.41, 5.74) is 3.24. The zero-order chi connectivity index (χ0) is 22.7. The van der Waals surface area contributed by atoms with Crippen molar-refractivity contribution in [1.82, 2.24) is 9.55 Å². The maximum absolute atomic E-state index is 12.8. The molecule has 2 heterocycles. The zero-order valence-electron chi connectivity index (χ0n) is 17.6. The number of unbranched alkanes of at least 4 members (excludes halogenated alkanes) is 1. The van der Waals surface area contributed by atoms with E-state index in [1.807, 2.05) is 54.1 Å². The highest BCUT2D eigenvalue weighted by atomic mass is 19.4. The molecular weight excluding hydrogens is 419 g/mol. The van der Waals surface area contributed by atoms with Crippen LogP contribution in [0, 0.1) is 6.92 Å². The Kier molecular flexibility index (Phi) is 6.23. The van der Waals surface area contributed by atoms with Gasteiger partial charge >= 0.3 is 6.18 Å². The number of aryl methyl sites for hydroxylation is 1. The molecule has 0 saturated carbocycles. The number of para-hydroxylation sites is 2. The summed E-state index contributed by atoms with van der Waals surface area (Å²) in [4.78, 5) is 4.65. The number of hydrogen-bond acceptors (Lipinski definition) is 4. The van der Waals surface area contributed by atoms with E-state index < -0.39 is 12.8 Å². The number of aliphatic hydroxyl groups excluding tert-OH is 1. The van der Waals surface area contributed by atoms with Gasteiger partial charge in [0.15, 0.2) is 6.61 Å². The predicted octanol–water partition coefficient (Wildman–Crippen LogP) is 5.61. The molecule has 0 aliphatic carbocycles. The normalized spacial score (nSPS) is 11.9. The molecule has 0 atom stereocenters. The molecule has 0 aliphatic heterocycles. The van der Waals surface area contributed by atoms with Crippen molar-refractivity contribution in [1.29, 1.82) is 0 Å². The lowest BCUT2D eigenvalue weighted by atomic mass is 10.1. The van der Waals surface area contributed by atoms with E-state index >= 15 is 0 Å². The average Bonchev–Trinajstić information content (AvgIpc) is 3.20. The van der Waals surface area contributed by atoms with Gasteiger partial charge in [-0.2, -0.15) is 13.2 Å². The minimum Gasteiger partial charge on any atom is -0.482 e. The van der Waals surface area contributed by atoms with Gasteiger partial charge < -0.3 is 19.7 Å². The van der Waals surface area contributed by atoms with Crippen molar-refractivity contribution < 1.29 is 23.0 Å². The first-order chi connectivity index (χ1) is 15.4. The number of aliphatic hydroxyl groups is 1. The molecule has 168 valence electrons. The first-order valence-electron chi connectivity index (χ1n) is 10.4. The second-order valence-corrected chi connectivity index (χ2v) is 7.61. The fourth-order valence-electron chi connectivity index (χ4n) is 3.79. The smallest absolute Gasteiger partial charge is 0.422 e. The number of alkyl halides is 3. The summed E-state index contributed by atoms with van der Waals surface area (Å²) in [6, 6.07) is 14.9. The number of rotatable bonds is 8. The number of benzene rings is 2. The number of pyridine rings is 1. The molecular formula is C24H24F3N3O2. The summed E-state index contributed by atoms with van der Waals surface area (Å²) in [5.74, 6) is 0.651. The van der Waals surface area contributed by atoms with Crippen LogP contribution in [0.3, 0.4) is 0 Å². The largest absolute Gasteiger partial charge is 0.482 e. The maximum atomic E-state index is 12.8. The summed E-state index contributed by atoms with van der Waals surface area (Å²) in [5, 5.41) is 13.9. The van der Waals surface area contributed by atoms with Crippen molar-refractivity contribution in [3.05, 3.63) is 60.3 Å². The quantitative estimate of drug-likeness (QED) is 0.348. The molecule has 5 nitrogen and oxygen atoms in total. The highest BCUT2D eigenvalue weighted by Crippen LogP contribution is 2.36. The highest BCUT2D eigenvalue weighted by molar-refractivity contribution is 6.10. The van der Waals surface area contributed by atoms with Crippen LogP contribution in [0.15, 0.2) is 54.7 Å². The number of nitrogens with zero attached hydrogens (tertiary/aromatic N) is 2. The third-order valence-corrected chi connectivity index (χ3v) is 5.26. The summed E-state index contributed by atoms with van der Waals surface area (Å²) < 4.78 is 45.6. The van der Waals surface area contributed by atoms with Crippen molar-refractivity contribution in [2.24, 2.45) is 0 Å². The second-order valence-electron chi connectivity index (χ2n) is 7.61. The molecule has 4 aromatic rings. The summed E-state index contributed by atoms with van der Waals surface area (Å²) in [7, 11) is 0. The Morgan fingerprint density at radius 1 is 1.03 bits per heavy atom. The van der Waals surface area contributed by atoms with E-state index in [4.69, 9.17) is 9.84 Å². The van der Waals surface area contributed by atoms with Crippen molar-refractivity contribution in [2.45, 2.75) is 25.9 Å². The van der Waals surface area contributed by atoms with Crippen molar-refractivity contribution >= 4 is 27.6 Å². The third kappa shape index (κ3) is 4.50. The average molecular weight is 443 g/mol. The Hall–Kier alpha value is -3.26. The predicted molar refractivity (Wildman–Crippen MR) is 120 cm³/mol. The van der Waals surface area contributed by atoms with Crippen LogP contribution in [0.25, 0.3) is 27.5 Å². The van der Waals surface area contributed by atoms with E-state index in [2.05, 4.69) is 10.3 Å². The summed E-state index contributed by atoms with van der Waals surface area (Å²) in [6.07, 6.45) is -1.12. The van der Waals surface area contributed by atoms with Crippen LogP contribution in [-0.2, 0) is 0 Å². The zero-order valence-corrected chi connectivity index (χ0v) is 17.6. The molecule has 2 N–H and O–H groups in total. The van der Waals surface area contributed by atoms with Gasteiger partial charge in [0.1, 0.15) is 17.1 Å². The number of halogens is 3. The third-order valence-electron chi connectivity index (χ3n) is 5.26. The Bertz CT molecular complexity index is 1230. The molecule has 0 fully saturated rings. The number of ether oxygens (including phenoxy) is 1. The maximum Gasteiger partial charge on any atom is 0.422 e. The van der Waals surface area contributed by atoms with Crippen LogP contribution < -0.4 is 10.1 Å². The fourth-order valence-corrected chi connectivity index (χ4v) is 3.79. The van der Waals surface area contributed by atoms with E-state index in [1.54, 1.807) is 6.07 Å². The Morgan fingerprint density at radius 2 is 1.84 bits per heavy atom. The van der Waals surface area contributed by atoms with Gasteiger partial charge in [0.05, 0.1) is 5.52 Å². The molecule has 8 heteroatoms. The van der Waals surface area contributed by atoms with Gasteiger partial charge in [-0.15, -0.1) is 0 Å². The number of anilines is 1. The highest BCUT2D eigenvalue weighted by Gasteiger charge is 2.29. The van der Waals surface area contributed by atoms with Crippen molar-refractivity contribution in [2.75, 3.05) is 25.1 Å². The van der Waals surface area contributed by atoms with Crippen LogP contribution in [0.1, 0.15) is 18.4 Å². The van der Waals surface area contributed by atoms with Crippen LogP contribution in [0.5, 0.6) is 5.75 Å². The molecule has 0 bridgehead atoms. The first-order valence-corrected chi connectivity index (χ1v) is 10.4. The summed E-state index contributed by atoms with van der Waals surface area (Å²) >= 11 is 0. The van der Waals surface area contributed by atoms with Gasteiger partial charge in [-0.3, -0.25) is 0 Å². The molecule has 4 rings (SSSR count). The van der Waals surface area contributed by atoms with Crippen LogP contribution in [0.4, 0.5) is 19.0 Å². The SMILES string of the molecule is Cc1ccccc1-n1ccc2c(NCCCCO)nc3c(OCC(F)(F)F)cccc3c21. The van der Waals surface area contributed by atoms with Crippen molar-refractivity contribution in [3.8, 4) is 11.4 Å². The minimum absolute atomic E-state index is 0.0812. The molecule has 0 aliphatic rings. The van der Waals surface area contributed by atoms with Gasteiger partial charge in [0, 0.05) is 35.8 Å². The summed E-state index contributed by atoms with van der Waals surface area (Å²) in [6.45, 7) is 1.30. The van der Waals surface area contributed by atoms with E-state index in [1.165, 1.54) is 6.07 Å². The van der Waals surface area contributed by atoms with Crippen LogP contribution >= 0.6 is 0 Å². The Morgan fingerprint density at radius 3 is 2.59 bits per heavy atom. The first kappa shape index (κ1) is 22.0. The van der Waals surface area contributed by atoms with E-state index in [0.29, 0.717) is 29.7 Å². The van der Waals surface area contributed by atoms with E-state index in [-0.39, 0.29) is 12.4 Å². The van der Waals surface area contributed by atoms with Crippen LogP contribution in [0.2, 0.25) is 0 Å². The lowest BCUT2D eigenvalue weighted by Gasteiger charge is -2.16. The number of aromatic nitrogens is 2. The Balaban J connectivity index is 1.91. The lowest BCUT2D eigenvalue weighted by molar-refractivity contribution is -0.153. The standard InChI is InChI=1S/C24H24F3N3O2/c1-16-7-2-3-9-19(16)30-13-11-18-22(30)17-8-6-10-20(32-15-24(25,26)27)21(17)29-23(18)28-12-4-5-14-31/h2-3,6-11,13,31H,4-5,12,14-15H2,1H3,(H,28,29). The minimum atomic E-state index is -4.45. The van der Waals surface area contributed by atoms with Gasteiger partial charge in [-0.25, -0.2) is 4.98 Å². The van der Waals surface area contributed by atoms with Crippen molar-refractivity contribution in [3.63, 3.8) is 0 Å².